The quantitative estimate of drug-likeness (QED) is 0.0581. The second-order valence-corrected chi connectivity index (χ2v) is 12.4. The Morgan fingerprint density at radius 2 is 1.12 bits per heavy atom. The lowest BCUT2D eigenvalue weighted by Crippen LogP contribution is -2.27. The number of carbonyl (C=O) groups excluding carboxylic acids is 1. The zero-order valence-electron chi connectivity index (χ0n) is 31.9. The van der Waals surface area contributed by atoms with Crippen molar-refractivity contribution in [2.24, 2.45) is 0 Å². The number of nitrogens with zero attached hydrogens (tertiary/aromatic N) is 2. The van der Waals surface area contributed by atoms with Crippen molar-refractivity contribution in [2.75, 3.05) is 92.4 Å². The van der Waals surface area contributed by atoms with E-state index >= 15 is 0 Å². The predicted octanol–water partition coefficient (Wildman–Crippen LogP) is 6.25. The fourth-order valence-electron chi connectivity index (χ4n) is 5.61. The van der Waals surface area contributed by atoms with Crippen LogP contribution in [0.5, 0.6) is 11.5 Å². The third-order valence-electron chi connectivity index (χ3n) is 8.45. The minimum Gasteiger partial charge on any atom is -0.508 e. The van der Waals surface area contributed by atoms with Gasteiger partial charge in [-0.1, -0.05) is 66.7 Å². The minimum atomic E-state index is -0.341. The third-order valence-corrected chi connectivity index (χ3v) is 8.45. The SMILES string of the molecule is CCc1c(-c2ccc(O)cc2)cncc1-c1ccc(OCCOCCOCCOCCOCCOCCOCCNC(=O)c2cc(-c3ccccc3)no2)cc1. The number of hydrogen-bond donors (Lipinski definition) is 2. The highest BCUT2D eigenvalue weighted by Gasteiger charge is 2.14. The van der Waals surface area contributed by atoms with Crippen molar-refractivity contribution in [3.8, 4) is 45.0 Å². The van der Waals surface area contributed by atoms with Gasteiger partial charge in [-0.25, -0.2) is 0 Å². The number of pyridine rings is 1. The predicted molar refractivity (Wildman–Crippen MR) is 211 cm³/mol. The van der Waals surface area contributed by atoms with Crippen LogP contribution in [0.2, 0.25) is 0 Å². The average molecular weight is 770 g/mol. The van der Waals surface area contributed by atoms with Crippen molar-refractivity contribution in [3.63, 3.8) is 0 Å². The Kier molecular flexibility index (Phi) is 18.3. The maximum atomic E-state index is 12.2. The van der Waals surface area contributed by atoms with Gasteiger partial charge in [-0.15, -0.1) is 0 Å². The van der Waals surface area contributed by atoms with Gasteiger partial charge >= 0.3 is 0 Å². The molecule has 0 fully saturated rings. The first-order chi connectivity index (χ1) is 27.6. The second-order valence-electron chi connectivity index (χ2n) is 12.4. The van der Waals surface area contributed by atoms with Crippen LogP contribution in [0, 0.1) is 0 Å². The van der Waals surface area contributed by atoms with Crippen molar-refractivity contribution in [1.29, 1.82) is 0 Å². The van der Waals surface area contributed by atoms with E-state index in [-0.39, 0.29) is 17.4 Å². The first-order valence-electron chi connectivity index (χ1n) is 18.9. The molecule has 13 heteroatoms. The standard InChI is InChI=1S/C43H51N3O10/c1-2-38-39(33-8-12-36(47)13-9-33)31-44-32-40(38)34-10-14-37(15-11-34)55-29-28-54-27-26-53-25-24-52-23-22-51-21-20-50-19-18-49-17-16-45-43(48)42-30-41(46-56-42)35-6-4-3-5-7-35/h3-15,30-32,47H,2,16-29H2,1H3,(H,45,48). The summed E-state index contributed by atoms with van der Waals surface area (Å²) in [7, 11) is 0. The molecule has 0 saturated heterocycles. The number of carbonyl (C=O) groups is 1. The summed E-state index contributed by atoms with van der Waals surface area (Å²) in [6.07, 6.45) is 4.62. The van der Waals surface area contributed by atoms with Gasteiger partial charge in [-0.05, 0) is 47.4 Å². The van der Waals surface area contributed by atoms with Gasteiger partial charge in [0.05, 0.1) is 79.3 Å². The molecule has 0 aliphatic heterocycles. The molecule has 0 aliphatic rings. The van der Waals surface area contributed by atoms with E-state index in [4.69, 9.17) is 37.7 Å². The summed E-state index contributed by atoms with van der Waals surface area (Å²) in [5.41, 5.74) is 6.92. The summed E-state index contributed by atoms with van der Waals surface area (Å²) < 4.78 is 44.2. The number of nitrogens with one attached hydrogen (secondary N) is 1. The summed E-state index contributed by atoms with van der Waals surface area (Å²) in [5, 5.41) is 16.4. The highest BCUT2D eigenvalue weighted by atomic mass is 16.6. The van der Waals surface area contributed by atoms with Crippen LogP contribution in [0.15, 0.2) is 102 Å². The van der Waals surface area contributed by atoms with Crippen LogP contribution in [-0.2, 0) is 34.8 Å². The molecule has 0 radical (unpaired) electrons. The lowest BCUT2D eigenvalue weighted by atomic mass is 9.93. The van der Waals surface area contributed by atoms with E-state index in [1.165, 1.54) is 5.56 Å². The zero-order chi connectivity index (χ0) is 39.0. The van der Waals surface area contributed by atoms with E-state index in [1.54, 1.807) is 18.2 Å². The summed E-state index contributed by atoms with van der Waals surface area (Å²) in [6, 6.07) is 26.3. The number of benzene rings is 3. The highest BCUT2D eigenvalue weighted by Crippen LogP contribution is 2.33. The Bertz CT molecular complexity index is 1840. The minimum absolute atomic E-state index is 0.154. The number of phenols is 1. The maximum absolute atomic E-state index is 12.2. The molecule has 0 spiro atoms. The topological polar surface area (TPSA) is 153 Å². The smallest absolute Gasteiger partial charge is 0.289 e. The molecule has 0 bridgehead atoms. The molecule has 298 valence electrons. The van der Waals surface area contributed by atoms with Crippen molar-refractivity contribution < 1.29 is 47.6 Å². The fraction of sp³-hybridized carbons (Fsp3) is 0.372. The van der Waals surface area contributed by atoms with Gasteiger partial charge in [0.15, 0.2) is 0 Å². The van der Waals surface area contributed by atoms with Crippen molar-refractivity contribution in [3.05, 3.63) is 109 Å². The number of ether oxygens (including phenoxy) is 7. The lowest BCUT2D eigenvalue weighted by molar-refractivity contribution is -0.0176. The number of aromatic hydroxyl groups is 1. The fourth-order valence-corrected chi connectivity index (χ4v) is 5.61. The normalized spacial score (nSPS) is 11.2. The summed E-state index contributed by atoms with van der Waals surface area (Å²) in [5.74, 6) is 0.827. The zero-order valence-corrected chi connectivity index (χ0v) is 31.9. The Hall–Kier alpha value is -5.15. The van der Waals surface area contributed by atoms with E-state index in [2.05, 4.69) is 22.4 Å². The molecule has 2 aromatic heterocycles. The number of aromatic nitrogens is 2. The molecule has 0 unspecified atom stereocenters. The number of rotatable bonds is 27. The van der Waals surface area contributed by atoms with Crippen LogP contribution < -0.4 is 10.1 Å². The first kappa shape index (κ1) is 42.0. The molecule has 56 heavy (non-hydrogen) atoms. The lowest BCUT2D eigenvalue weighted by Gasteiger charge is -2.14. The van der Waals surface area contributed by atoms with Crippen LogP contribution in [0.4, 0.5) is 0 Å². The Morgan fingerprint density at radius 1 is 0.625 bits per heavy atom. The summed E-state index contributed by atoms with van der Waals surface area (Å²) >= 11 is 0. The van der Waals surface area contributed by atoms with Crippen LogP contribution in [0.25, 0.3) is 33.5 Å². The third kappa shape index (κ3) is 14.2. The van der Waals surface area contributed by atoms with Gasteiger partial charge in [-0.3, -0.25) is 9.78 Å². The molecule has 2 N–H and O–H groups in total. The first-order valence-corrected chi connectivity index (χ1v) is 18.9. The number of amides is 1. The largest absolute Gasteiger partial charge is 0.508 e. The van der Waals surface area contributed by atoms with Gasteiger partial charge in [0.25, 0.3) is 5.91 Å². The molecular formula is C43H51N3O10. The van der Waals surface area contributed by atoms with Crippen LogP contribution >= 0.6 is 0 Å². The Morgan fingerprint density at radius 3 is 1.66 bits per heavy atom. The highest BCUT2D eigenvalue weighted by molar-refractivity contribution is 5.92. The van der Waals surface area contributed by atoms with Gasteiger partial charge in [-0.2, -0.15) is 0 Å². The molecule has 0 aliphatic carbocycles. The summed E-state index contributed by atoms with van der Waals surface area (Å²) in [4.78, 5) is 16.7. The van der Waals surface area contributed by atoms with Crippen LogP contribution in [0.3, 0.4) is 0 Å². The van der Waals surface area contributed by atoms with Gasteiger partial charge < -0.3 is 48.1 Å². The number of phenolic OH excluding ortho intramolecular Hbond substituents is 1. The van der Waals surface area contributed by atoms with Crippen LogP contribution in [-0.4, -0.2) is 114 Å². The van der Waals surface area contributed by atoms with Crippen molar-refractivity contribution >= 4 is 5.91 Å². The summed E-state index contributed by atoms with van der Waals surface area (Å²) in [6.45, 7) is 8.29. The monoisotopic (exact) mass is 769 g/mol. The van der Waals surface area contributed by atoms with Gasteiger partial charge in [0.1, 0.15) is 23.8 Å². The van der Waals surface area contributed by atoms with E-state index < -0.39 is 0 Å². The molecule has 5 aromatic rings. The molecule has 5 rings (SSSR count). The van der Waals surface area contributed by atoms with E-state index in [0.29, 0.717) is 98.1 Å². The molecule has 0 atom stereocenters. The Labute approximate surface area is 327 Å². The average Bonchev–Trinajstić information content (AvgIpc) is 3.74. The molecule has 13 nitrogen and oxygen atoms in total. The van der Waals surface area contributed by atoms with Crippen LogP contribution in [0.1, 0.15) is 23.0 Å². The van der Waals surface area contributed by atoms with E-state index in [1.807, 2.05) is 79.1 Å². The maximum Gasteiger partial charge on any atom is 0.289 e. The molecular weight excluding hydrogens is 718 g/mol. The van der Waals surface area contributed by atoms with E-state index in [0.717, 1.165) is 40.0 Å². The molecule has 3 aromatic carbocycles. The second kappa shape index (κ2) is 24.4. The molecule has 0 saturated carbocycles. The van der Waals surface area contributed by atoms with Gasteiger partial charge in [0.2, 0.25) is 5.76 Å². The van der Waals surface area contributed by atoms with Gasteiger partial charge in [0, 0.05) is 41.7 Å². The number of hydrogen-bond acceptors (Lipinski definition) is 12. The van der Waals surface area contributed by atoms with E-state index in [9.17, 15) is 9.90 Å². The molecule has 1 amide bonds. The van der Waals surface area contributed by atoms with Crippen molar-refractivity contribution in [2.45, 2.75) is 13.3 Å². The Balaban J connectivity index is 0.781. The van der Waals surface area contributed by atoms with Crippen molar-refractivity contribution in [1.82, 2.24) is 15.5 Å². The molecule has 2 heterocycles.